The highest BCUT2D eigenvalue weighted by atomic mass is 35.5. The van der Waals surface area contributed by atoms with Gasteiger partial charge in [0, 0.05) is 17.1 Å². The number of ether oxygens (including phenoxy) is 2. The van der Waals surface area contributed by atoms with Gasteiger partial charge in [0.1, 0.15) is 0 Å². The van der Waals surface area contributed by atoms with Gasteiger partial charge in [-0.1, -0.05) is 35.9 Å². The van der Waals surface area contributed by atoms with Gasteiger partial charge in [0.2, 0.25) is 0 Å². The molecule has 0 saturated heterocycles. The predicted molar refractivity (Wildman–Crippen MR) is 103 cm³/mol. The minimum atomic E-state index is -0.856. The van der Waals surface area contributed by atoms with E-state index in [-0.39, 0.29) is 6.54 Å². The van der Waals surface area contributed by atoms with E-state index in [2.05, 4.69) is 15.8 Å². The SMILES string of the molecule is COc1ccc(CCNC(=O)C(=O)NN=Cc2ccccc2Cl)cc1OC. The molecule has 2 amide bonds. The minimum absolute atomic E-state index is 0.288. The Morgan fingerprint density at radius 3 is 2.52 bits per heavy atom. The molecule has 2 N–H and O–H groups in total. The van der Waals surface area contributed by atoms with Crippen molar-refractivity contribution in [1.29, 1.82) is 0 Å². The molecule has 8 heteroatoms. The summed E-state index contributed by atoms with van der Waals surface area (Å²) in [6.07, 6.45) is 1.90. The van der Waals surface area contributed by atoms with Gasteiger partial charge in [-0.15, -0.1) is 0 Å². The number of methoxy groups -OCH3 is 2. The number of halogens is 1. The second kappa shape index (κ2) is 10.2. The monoisotopic (exact) mass is 389 g/mol. The molecular weight excluding hydrogens is 370 g/mol. The standard InChI is InChI=1S/C19H20ClN3O4/c1-26-16-8-7-13(11-17(16)27-2)9-10-21-18(24)19(25)23-22-12-14-5-3-4-6-15(14)20/h3-8,11-12H,9-10H2,1-2H3,(H,21,24)(H,23,25). The highest BCUT2D eigenvalue weighted by Gasteiger charge is 2.12. The zero-order valence-corrected chi connectivity index (χ0v) is 15.7. The van der Waals surface area contributed by atoms with Crippen molar-refractivity contribution in [2.24, 2.45) is 5.10 Å². The molecule has 2 aromatic rings. The van der Waals surface area contributed by atoms with E-state index in [9.17, 15) is 9.59 Å². The molecule has 7 nitrogen and oxygen atoms in total. The van der Waals surface area contributed by atoms with Crippen LogP contribution in [-0.2, 0) is 16.0 Å². The van der Waals surface area contributed by atoms with Crippen LogP contribution in [0.1, 0.15) is 11.1 Å². The molecule has 2 rings (SSSR count). The van der Waals surface area contributed by atoms with Gasteiger partial charge in [0.05, 0.1) is 20.4 Å². The fourth-order valence-corrected chi connectivity index (χ4v) is 2.41. The Balaban J connectivity index is 1.80. The first-order valence-corrected chi connectivity index (χ1v) is 8.49. The first-order valence-electron chi connectivity index (χ1n) is 8.11. The van der Waals surface area contributed by atoms with Crippen molar-refractivity contribution in [1.82, 2.24) is 10.7 Å². The summed E-state index contributed by atoms with van der Waals surface area (Å²) in [7, 11) is 3.11. The Morgan fingerprint density at radius 1 is 1.07 bits per heavy atom. The Hall–Kier alpha value is -3.06. The lowest BCUT2D eigenvalue weighted by molar-refractivity contribution is -0.139. The molecule has 0 atom stereocenters. The van der Waals surface area contributed by atoms with E-state index in [1.165, 1.54) is 6.21 Å². The number of hydrazone groups is 1. The highest BCUT2D eigenvalue weighted by Crippen LogP contribution is 2.27. The van der Waals surface area contributed by atoms with Gasteiger partial charge in [0.15, 0.2) is 11.5 Å². The second-order valence-electron chi connectivity index (χ2n) is 5.42. The van der Waals surface area contributed by atoms with Crippen molar-refractivity contribution in [2.75, 3.05) is 20.8 Å². The molecular formula is C19H20ClN3O4. The molecule has 0 radical (unpaired) electrons. The first kappa shape index (κ1) is 20.3. The maximum atomic E-state index is 11.8. The number of rotatable bonds is 7. The van der Waals surface area contributed by atoms with Crippen molar-refractivity contribution in [3.8, 4) is 11.5 Å². The van der Waals surface area contributed by atoms with Gasteiger partial charge < -0.3 is 14.8 Å². The molecule has 0 saturated carbocycles. The van der Waals surface area contributed by atoms with Crippen molar-refractivity contribution in [2.45, 2.75) is 6.42 Å². The van der Waals surface area contributed by atoms with Crippen LogP contribution in [0.2, 0.25) is 5.02 Å². The number of hydrogen-bond acceptors (Lipinski definition) is 5. The maximum absolute atomic E-state index is 11.8. The lowest BCUT2D eigenvalue weighted by Crippen LogP contribution is -2.38. The van der Waals surface area contributed by atoms with Crippen LogP contribution < -0.4 is 20.2 Å². The zero-order valence-electron chi connectivity index (χ0n) is 15.0. The zero-order chi connectivity index (χ0) is 19.6. The minimum Gasteiger partial charge on any atom is -0.493 e. The third kappa shape index (κ3) is 6.00. The van der Waals surface area contributed by atoms with E-state index in [1.807, 2.05) is 12.1 Å². The number of hydrogen-bond donors (Lipinski definition) is 2. The van der Waals surface area contributed by atoms with E-state index in [4.69, 9.17) is 21.1 Å². The Morgan fingerprint density at radius 2 is 1.81 bits per heavy atom. The summed E-state index contributed by atoms with van der Waals surface area (Å²) in [5, 5.41) is 6.76. The number of nitrogens with zero attached hydrogens (tertiary/aromatic N) is 1. The van der Waals surface area contributed by atoms with Gasteiger partial charge in [-0.05, 0) is 30.2 Å². The molecule has 0 heterocycles. The summed E-state index contributed by atoms with van der Waals surface area (Å²) < 4.78 is 10.4. The van der Waals surface area contributed by atoms with Crippen LogP contribution in [0, 0.1) is 0 Å². The Kier molecular flexibility index (Phi) is 7.63. The average molecular weight is 390 g/mol. The fraction of sp³-hybridized carbons (Fsp3) is 0.211. The summed E-state index contributed by atoms with van der Waals surface area (Å²) >= 11 is 5.97. The Bertz CT molecular complexity index is 839. The van der Waals surface area contributed by atoms with Gasteiger partial charge in [0.25, 0.3) is 0 Å². The van der Waals surface area contributed by atoms with Crippen LogP contribution in [0.3, 0.4) is 0 Å². The van der Waals surface area contributed by atoms with Crippen LogP contribution in [0.25, 0.3) is 0 Å². The van der Waals surface area contributed by atoms with E-state index in [0.717, 1.165) is 5.56 Å². The molecule has 0 fully saturated rings. The van der Waals surface area contributed by atoms with Crippen LogP contribution in [-0.4, -0.2) is 38.8 Å². The number of benzene rings is 2. The molecule has 27 heavy (non-hydrogen) atoms. The second-order valence-corrected chi connectivity index (χ2v) is 5.82. The van der Waals surface area contributed by atoms with Crippen molar-refractivity contribution < 1.29 is 19.1 Å². The van der Waals surface area contributed by atoms with Gasteiger partial charge in [-0.2, -0.15) is 5.10 Å². The lowest BCUT2D eigenvalue weighted by Gasteiger charge is -2.10. The van der Waals surface area contributed by atoms with Crippen molar-refractivity contribution >= 4 is 29.6 Å². The van der Waals surface area contributed by atoms with Crippen molar-refractivity contribution in [3.05, 3.63) is 58.6 Å². The van der Waals surface area contributed by atoms with E-state index in [0.29, 0.717) is 28.5 Å². The first-order chi connectivity index (χ1) is 13.0. The number of nitrogens with one attached hydrogen (secondary N) is 2. The average Bonchev–Trinajstić information content (AvgIpc) is 2.69. The third-order valence-corrected chi connectivity index (χ3v) is 3.97. The van der Waals surface area contributed by atoms with E-state index < -0.39 is 11.8 Å². The van der Waals surface area contributed by atoms with Crippen LogP contribution >= 0.6 is 11.6 Å². The van der Waals surface area contributed by atoms with Gasteiger partial charge in [-0.25, -0.2) is 5.43 Å². The molecule has 0 spiro atoms. The number of carbonyl (C=O) groups is 2. The quantitative estimate of drug-likeness (QED) is 0.431. The van der Waals surface area contributed by atoms with Crippen molar-refractivity contribution in [3.63, 3.8) is 0 Å². The normalized spacial score (nSPS) is 10.5. The summed E-state index contributed by atoms with van der Waals surface area (Å²) in [4.78, 5) is 23.5. The molecule has 0 aliphatic rings. The molecule has 0 aliphatic carbocycles. The van der Waals surface area contributed by atoms with Crippen LogP contribution in [0.15, 0.2) is 47.6 Å². The summed E-state index contributed by atoms with van der Waals surface area (Å²) in [5.41, 5.74) is 3.73. The number of amides is 2. The largest absolute Gasteiger partial charge is 0.493 e. The van der Waals surface area contributed by atoms with Crippen LogP contribution in [0.4, 0.5) is 0 Å². The molecule has 0 aromatic heterocycles. The highest BCUT2D eigenvalue weighted by molar-refractivity contribution is 6.35. The number of carbonyl (C=O) groups excluding carboxylic acids is 2. The van der Waals surface area contributed by atoms with E-state index >= 15 is 0 Å². The molecule has 0 aliphatic heterocycles. The summed E-state index contributed by atoms with van der Waals surface area (Å²) in [6.45, 7) is 0.288. The topological polar surface area (TPSA) is 89.0 Å². The Labute approximate surface area is 162 Å². The van der Waals surface area contributed by atoms with E-state index in [1.54, 1.807) is 44.6 Å². The smallest absolute Gasteiger partial charge is 0.329 e. The third-order valence-electron chi connectivity index (χ3n) is 3.63. The van der Waals surface area contributed by atoms with Gasteiger partial charge >= 0.3 is 11.8 Å². The summed E-state index contributed by atoms with van der Waals surface area (Å²) in [6, 6.07) is 12.5. The lowest BCUT2D eigenvalue weighted by atomic mass is 10.1. The fourth-order valence-electron chi connectivity index (χ4n) is 2.23. The predicted octanol–water partition coefficient (Wildman–Crippen LogP) is 2.17. The molecule has 142 valence electrons. The summed E-state index contributed by atoms with van der Waals surface area (Å²) in [5.74, 6) is -0.397. The molecule has 0 unspecified atom stereocenters. The van der Waals surface area contributed by atoms with Gasteiger partial charge in [-0.3, -0.25) is 9.59 Å². The van der Waals surface area contributed by atoms with Crippen LogP contribution in [0.5, 0.6) is 11.5 Å². The molecule has 0 bridgehead atoms. The molecule has 2 aromatic carbocycles. The maximum Gasteiger partial charge on any atom is 0.329 e.